The van der Waals surface area contributed by atoms with E-state index in [0.717, 1.165) is 28.4 Å². The molecule has 0 aromatic heterocycles. The SMILES string of the molecule is CCCCNC(=O)[C@@H](C)N(Cc1cccc(Br)c1)C(=O)Cc1ccccc1Cl. The van der Waals surface area contributed by atoms with Crippen molar-refractivity contribution >= 4 is 39.3 Å². The molecule has 0 aliphatic rings. The molecular weight excluding hydrogens is 440 g/mol. The van der Waals surface area contributed by atoms with Crippen LogP contribution in [0.25, 0.3) is 0 Å². The van der Waals surface area contributed by atoms with E-state index in [9.17, 15) is 9.59 Å². The maximum Gasteiger partial charge on any atom is 0.242 e. The highest BCUT2D eigenvalue weighted by molar-refractivity contribution is 9.10. The van der Waals surface area contributed by atoms with E-state index in [1.54, 1.807) is 17.9 Å². The molecule has 0 bridgehead atoms. The van der Waals surface area contributed by atoms with Gasteiger partial charge in [-0.3, -0.25) is 9.59 Å². The van der Waals surface area contributed by atoms with Crippen LogP contribution in [0.4, 0.5) is 0 Å². The van der Waals surface area contributed by atoms with Gasteiger partial charge in [0.2, 0.25) is 11.8 Å². The molecule has 4 nitrogen and oxygen atoms in total. The average molecular weight is 466 g/mol. The summed E-state index contributed by atoms with van der Waals surface area (Å²) in [6, 6.07) is 14.5. The van der Waals surface area contributed by atoms with Gasteiger partial charge in [-0.2, -0.15) is 0 Å². The van der Waals surface area contributed by atoms with E-state index < -0.39 is 6.04 Å². The molecule has 0 aliphatic carbocycles. The monoisotopic (exact) mass is 464 g/mol. The minimum atomic E-state index is -0.578. The third-order valence-electron chi connectivity index (χ3n) is 4.54. The van der Waals surface area contributed by atoms with Crippen molar-refractivity contribution in [2.24, 2.45) is 0 Å². The highest BCUT2D eigenvalue weighted by Crippen LogP contribution is 2.19. The maximum atomic E-state index is 13.1. The van der Waals surface area contributed by atoms with Crippen molar-refractivity contribution in [2.45, 2.75) is 45.7 Å². The molecule has 1 N–H and O–H groups in total. The number of carbonyl (C=O) groups is 2. The van der Waals surface area contributed by atoms with Crippen molar-refractivity contribution < 1.29 is 9.59 Å². The second-order valence-electron chi connectivity index (χ2n) is 6.74. The van der Waals surface area contributed by atoms with Crippen molar-refractivity contribution in [3.05, 3.63) is 69.2 Å². The fraction of sp³-hybridized carbons (Fsp3) is 0.364. The van der Waals surface area contributed by atoms with Crippen molar-refractivity contribution in [1.82, 2.24) is 10.2 Å². The van der Waals surface area contributed by atoms with E-state index in [2.05, 4.69) is 28.2 Å². The minimum Gasteiger partial charge on any atom is -0.354 e. The number of carbonyl (C=O) groups excluding carboxylic acids is 2. The summed E-state index contributed by atoms with van der Waals surface area (Å²) in [7, 11) is 0. The van der Waals surface area contributed by atoms with Crippen LogP contribution in [0.5, 0.6) is 0 Å². The van der Waals surface area contributed by atoms with Gasteiger partial charge in [-0.25, -0.2) is 0 Å². The van der Waals surface area contributed by atoms with Gasteiger partial charge in [0.15, 0.2) is 0 Å². The molecule has 1 atom stereocenters. The summed E-state index contributed by atoms with van der Waals surface area (Å²) in [6.07, 6.45) is 2.07. The Labute approximate surface area is 180 Å². The molecule has 0 aliphatic heterocycles. The zero-order chi connectivity index (χ0) is 20.5. The van der Waals surface area contributed by atoms with E-state index in [-0.39, 0.29) is 18.2 Å². The third-order valence-corrected chi connectivity index (χ3v) is 5.40. The Bertz CT molecular complexity index is 813. The van der Waals surface area contributed by atoms with Crippen LogP contribution in [-0.4, -0.2) is 29.3 Å². The van der Waals surface area contributed by atoms with Crippen LogP contribution in [0.15, 0.2) is 53.0 Å². The molecule has 150 valence electrons. The summed E-state index contributed by atoms with van der Waals surface area (Å²) in [4.78, 5) is 27.3. The lowest BCUT2D eigenvalue weighted by molar-refractivity contribution is -0.140. The van der Waals surface area contributed by atoms with Gasteiger partial charge in [-0.15, -0.1) is 0 Å². The third kappa shape index (κ3) is 6.64. The Balaban J connectivity index is 2.20. The van der Waals surface area contributed by atoms with Crippen molar-refractivity contribution in [2.75, 3.05) is 6.54 Å². The Morgan fingerprint density at radius 1 is 1.18 bits per heavy atom. The second-order valence-corrected chi connectivity index (χ2v) is 8.06. The molecule has 0 heterocycles. The molecule has 0 unspecified atom stereocenters. The predicted octanol–water partition coefficient (Wildman–Crippen LogP) is 4.98. The Morgan fingerprint density at radius 3 is 2.61 bits per heavy atom. The minimum absolute atomic E-state index is 0.133. The number of nitrogens with one attached hydrogen (secondary N) is 1. The van der Waals surface area contributed by atoms with Gasteiger partial charge in [-0.05, 0) is 42.7 Å². The number of amides is 2. The zero-order valence-corrected chi connectivity index (χ0v) is 18.6. The summed E-state index contributed by atoms with van der Waals surface area (Å²) >= 11 is 9.68. The first-order valence-corrected chi connectivity index (χ1v) is 10.6. The standard InChI is InChI=1S/C22H26BrClN2O2/c1-3-4-12-25-22(28)16(2)26(15-17-8-7-10-19(23)13-17)21(27)14-18-9-5-6-11-20(18)24/h5-11,13,16H,3-4,12,14-15H2,1-2H3,(H,25,28)/t16-/m1/s1. The number of hydrogen-bond donors (Lipinski definition) is 1. The van der Waals surface area contributed by atoms with E-state index in [1.807, 2.05) is 42.5 Å². The van der Waals surface area contributed by atoms with E-state index >= 15 is 0 Å². The molecule has 2 aromatic rings. The van der Waals surface area contributed by atoms with Gasteiger partial charge < -0.3 is 10.2 Å². The number of unbranched alkanes of at least 4 members (excludes halogenated alkanes) is 1. The van der Waals surface area contributed by atoms with Crippen molar-refractivity contribution in [1.29, 1.82) is 0 Å². The number of benzene rings is 2. The first-order chi connectivity index (χ1) is 13.4. The molecule has 2 aromatic carbocycles. The molecule has 0 radical (unpaired) electrons. The summed E-state index contributed by atoms with van der Waals surface area (Å²) in [5, 5.41) is 3.48. The first kappa shape index (κ1) is 22.4. The smallest absolute Gasteiger partial charge is 0.242 e. The lowest BCUT2D eigenvalue weighted by atomic mass is 10.1. The summed E-state index contributed by atoms with van der Waals surface area (Å²) in [5.41, 5.74) is 1.71. The second kappa shape index (κ2) is 11.2. The van der Waals surface area contributed by atoms with E-state index in [1.165, 1.54) is 0 Å². The summed E-state index contributed by atoms with van der Waals surface area (Å²) in [5.74, 6) is -0.276. The van der Waals surface area contributed by atoms with Gasteiger partial charge in [0.1, 0.15) is 6.04 Å². The number of halogens is 2. The molecule has 2 rings (SSSR count). The topological polar surface area (TPSA) is 49.4 Å². The van der Waals surface area contributed by atoms with Crippen LogP contribution in [0.3, 0.4) is 0 Å². The van der Waals surface area contributed by atoms with Gasteiger partial charge >= 0.3 is 0 Å². The van der Waals surface area contributed by atoms with Gasteiger partial charge in [-0.1, -0.05) is 71.2 Å². The Morgan fingerprint density at radius 2 is 1.93 bits per heavy atom. The quantitative estimate of drug-likeness (QED) is 0.531. The van der Waals surface area contributed by atoms with Crippen LogP contribution in [0.1, 0.15) is 37.8 Å². The summed E-state index contributed by atoms with van der Waals surface area (Å²) < 4.78 is 0.934. The fourth-order valence-electron chi connectivity index (χ4n) is 2.86. The Hall–Kier alpha value is -1.85. The Kier molecular flexibility index (Phi) is 9.00. The van der Waals surface area contributed by atoms with E-state index in [4.69, 9.17) is 11.6 Å². The largest absolute Gasteiger partial charge is 0.354 e. The molecule has 0 saturated carbocycles. The number of rotatable bonds is 9. The molecule has 0 fully saturated rings. The van der Waals surface area contributed by atoms with Gasteiger partial charge in [0.25, 0.3) is 0 Å². The highest BCUT2D eigenvalue weighted by atomic mass is 79.9. The van der Waals surface area contributed by atoms with Crippen LogP contribution in [0, 0.1) is 0 Å². The normalized spacial score (nSPS) is 11.7. The molecule has 0 spiro atoms. The lowest BCUT2D eigenvalue weighted by Gasteiger charge is -2.29. The maximum absolute atomic E-state index is 13.1. The van der Waals surface area contributed by atoms with Crippen molar-refractivity contribution in [3.63, 3.8) is 0 Å². The predicted molar refractivity (Wildman–Crippen MR) is 117 cm³/mol. The zero-order valence-electron chi connectivity index (χ0n) is 16.3. The fourth-order valence-corrected chi connectivity index (χ4v) is 3.51. The highest BCUT2D eigenvalue weighted by Gasteiger charge is 2.26. The van der Waals surface area contributed by atoms with Crippen molar-refractivity contribution in [3.8, 4) is 0 Å². The first-order valence-electron chi connectivity index (χ1n) is 9.47. The van der Waals surface area contributed by atoms with Crippen LogP contribution >= 0.6 is 27.5 Å². The summed E-state index contributed by atoms with van der Waals surface area (Å²) in [6.45, 7) is 4.81. The van der Waals surface area contributed by atoms with Crippen LogP contribution in [0.2, 0.25) is 5.02 Å². The van der Waals surface area contributed by atoms with Crippen LogP contribution < -0.4 is 5.32 Å². The molecule has 28 heavy (non-hydrogen) atoms. The van der Waals surface area contributed by atoms with Gasteiger partial charge in [0.05, 0.1) is 6.42 Å². The van der Waals surface area contributed by atoms with Crippen LogP contribution in [-0.2, 0) is 22.6 Å². The molecule has 6 heteroatoms. The number of hydrogen-bond acceptors (Lipinski definition) is 2. The average Bonchev–Trinajstić information content (AvgIpc) is 2.67. The molecule has 2 amide bonds. The lowest BCUT2D eigenvalue weighted by Crippen LogP contribution is -2.48. The number of nitrogens with zero attached hydrogens (tertiary/aromatic N) is 1. The molecule has 0 saturated heterocycles. The van der Waals surface area contributed by atoms with E-state index in [0.29, 0.717) is 18.1 Å². The molecular formula is C22H26BrClN2O2. The van der Waals surface area contributed by atoms with Gasteiger partial charge in [0, 0.05) is 22.6 Å².